The minimum atomic E-state index is -0.812. The molecule has 1 N–H and O–H groups in total. The maximum Gasteiger partial charge on any atom is 0.303 e. The number of aryl methyl sites for hydroxylation is 3. The third-order valence-electron chi connectivity index (χ3n) is 3.23. The predicted molar refractivity (Wildman–Crippen MR) is 75.4 cm³/mol. The second-order valence-electron chi connectivity index (χ2n) is 4.76. The minimum Gasteiger partial charge on any atom is -0.481 e. The summed E-state index contributed by atoms with van der Waals surface area (Å²) in [4.78, 5) is 23.9. The summed E-state index contributed by atoms with van der Waals surface area (Å²) in [6, 6.07) is 3.84. The molecule has 0 aliphatic heterocycles. The van der Waals surface area contributed by atoms with E-state index < -0.39 is 5.97 Å². The van der Waals surface area contributed by atoms with Crippen LogP contribution in [0.1, 0.15) is 28.9 Å². The van der Waals surface area contributed by atoms with E-state index in [1.165, 1.54) is 0 Å². The lowest BCUT2D eigenvalue weighted by Gasteiger charge is -2.10. The summed E-state index contributed by atoms with van der Waals surface area (Å²) in [7, 11) is 0. The van der Waals surface area contributed by atoms with Crippen LogP contribution in [0.15, 0.2) is 18.3 Å². The Morgan fingerprint density at radius 3 is 2.40 bits per heavy atom. The minimum absolute atomic E-state index is 0.0903. The number of rotatable bonds is 4. The fraction of sp³-hybridized carbons (Fsp3) is 0.333. The summed E-state index contributed by atoms with van der Waals surface area (Å²) < 4.78 is 0. The van der Waals surface area contributed by atoms with Crippen molar-refractivity contribution >= 4 is 5.97 Å². The molecule has 0 unspecified atom stereocenters. The van der Waals surface area contributed by atoms with Gasteiger partial charge in [0.2, 0.25) is 0 Å². The second kappa shape index (κ2) is 5.77. The third-order valence-corrected chi connectivity index (χ3v) is 3.23. The number of aliphatic carboxylic acids is 1. The molecule has 0 saturated carbocycles. The molecule has 5 heteroatoms. The van der Waals surface area contributed by atoms with Crippen LogP contribution in [-0.4, -0.2) is 26.0 Å². The average Bonchev–Trinajstić information content (AvgIpc) is 2.37. The van der Waals surface area contributed by atoms with Crippen molar-refractivity contribution in [3.8, 4) is 11.5 Å². The predicted octanol–water partition coefficient (Wildman–Crippen LogP) is 2.48. The first kappa shape index (κ1) is 14.1. The lowest BCUT2D eigenvalue weighted by Crippen LogP contribution is -2.06. The third kappa shape index (κ3) is 2.99. The summed E-state index contributed by atoms with van der Waals surface area (Å²) >= 11 is 0. The van der Waals surface area contributed by atoms with Gasteiger partial charge in [0.25, 0.3) is 0 Å². The monoisotopic (exact) mass is 271 g/mol. The molecule has 0 atom stereocenters. The van der Waals surface area contributed by atoms with Gasteiger partial charge < -0.3 is 5.11 Å². The van der Waals surface area contributed by atoms with Gasteiger partial charge in [-0.2, -0.15) is 0 Å². The molecule has 2 aromatic heterocycles. The summed E-state index contributed by atoms with van der Waals surface area (Å²) in [6.07, 6.45) is 2.26. The lowest BCUT2D eigenvalue weighted by molar-refractivity contribution is -0.136. The topological polar surface area (TPSA) is 76.0 Å². The SMILES string of the molecule is Cc1cccnc1-c1nc(C)c(CCC(=O)O)c(C)n1. The van der Waals surface area contributed by atoms with Crippen molar-refractivity contribution in [3.05, 3.63) is 40.8 Å². The van der Waals surface area contributed by atoms with Crippen molar-refractivity contribution in [3.63, 3.8) is 0 Å². The van der Waals surface area contributed by atoms with E-state index in [0.717, 1.165) is 28.2 Å². The van der Waals surface area contributed by atoms with Crippen molar-refractivity contribution in [1.82, 2.24) is 15.0 Å². The van der Waals surface area contributed by atoms with E-state index in [0.29, 0.717) is 12.2 Å². The van der Waals surface area contributed by atoms with Crippen LogP contribution in [0.4, 0.5) is 0 Å². The summed E-state index contributed by atoms with van der Waals surface area (Å²) in [5, 5.41) is 8.77. The van der Waals surface area contributed by atoms with Crippen LogP contribution >= 0.6 is 0 Å². The van der Waals surface area contributed by atoms with Gasteiger partial charge >= 0.3 is 5.97 Å². The zero-order valence-electron chi connectivity index (χ0n) is 11.8. The van der Waals surface area contributed by atoms with Crippen LogP contribution < -0.4 is 0 Å². The second-order valence-corrected chi connectivity index (χ2v) is 4.76. The molecule has 0 saturated heterocycles. The molecular weight excluding hydrogens is 254 g/mol. The normalized spacial score (nSPS) is 10.6. The quantitative estimate of drug-likeness (QED) is 0.924. The number of hydrogen-bond donors (Lipinski definition) is 1. The van der Waals surface area contributed by atoms with Gasteiger partial charge in [0.05, 0.1) is 0 Å². The Balaban J connectivity index is 2.40. The highest BCUT2D eigenvalue weighted by Crippen LogP contribution is 2.20. The molecule has 20 heavy (non-hydrogen) atoms. The molecule has 0 bridgehead atoms. The Morgan fingerprint density at radius 2 is 1.85 bits per heavy atom. The number of hydrogen-bond acceptors (Lipinski definition) is 4. The van der Waals surface area contributed by atoms with Gasteiger partial charge in [0.1, 0.15) is 5.69 Å². The highest BCUT2D eigenvalue weighted by molar-refractivity contribution is 5.67. The molecular formula is C15H17N3O2. The first-order chi connectivity index (χ1) is 9.49. The first-order valence-corrected chi connectivity index (χ1v) is 6.47. The molecule has 0 aliphatic rings. The molecule has 0 aromatic carbocycles. The van der Waals surface area contributed by atoms with Gasteiger partial charge in [-0.1, -0.05) is 6.07 Å². The molecule has 0 aliphatic carbocycles. The first-order valence-electron chi connectivity index (χ1n) is 6.47. The van der Waals surface area contributed by atoms with E-state index in [1.54, 1.807) is 6.20 Å². The highest BCUT2D eigenvalue weighted by atomic mass is 16.4. The van der Waals surface area contributed by atoms with Crippen molar-refractivity contribution in [2.75, 3.05) is 0 Å². The maximum atomic E-state index is 10.7. The van der Waals surface area contributed by atoms with Crippen molar-refractivity contribution in [2.24, 2.45) is 0 Å². The summed E-state index contributed by atoms with van der Waals surface area (Å²) in [5.74, 6) is -0.217. The van der Waals surface area contributed by atoms with E-state index in [2.05, 4.69) is 15.0 Å². The Hall–Kier alpha value is -2.30. The smallest absolute Gasteiger partial charge is 0.303 e. The molecule has 104 valence electrons. The molecule has 0 amide bonds. The van der Waals surface area contributed by atoms with Crippen LogP contribution in [0.5, 0.6) is 0 Å². The van der Waals surface area contributed by atoms with Gasteiger partial charge in [0, 0.05) is 24.0 Å². The van der Waals surface area contributed by atoms with Gasteiger partial charge in [-0.25, -0.2) is 9.97 Å². The highest BCUT2D eigenvalue weighted by Gasteiger charge is 2.13. The Bertz CT molecular complexity index is 630. The molecule has 0 spiro atoms. The van der Waals surface area contributed by atoms with Crippen molar-refractivity contribution in [1.29, 1.82) is 0 Å². The van der Waals surface area contributed by atoms with Gasteiger partial charge in [-0.3, -0.25) is 9.78 Å². The number of aromatic nitrogens is 3. The van der Waals surface area contributed by atoms with Crippen molar-refractivity contribution in [2.45, 2.75) is 33.6 Å². The van der Waals surface area contributed by atoms with Crippen LogP contribution in [0, 0.1) is 20.8 Å². The Labute approximate surface area is 117 Å². The molecule has 0 radical (unpaired) electrons. The van der Waals surface area contributed by atoms with Crippen molar-refractivity contribution < 1.29 is 9.90 Å². The molecule has 2 heterocycles. The zero-order valence-corrected chi connectivity index (χ0v) is 11.8. The number of nitrogens with zero attached hydrogens (tertiary/aromatic N) is 3. The summed E-state index contributed by atoms with van der Waals surface area (Å²) in [6.45, 7) is 5.73. The number of carbonyl (C=O) groups is 1. The van der Waals surface area contributed by atoms with Gasteiger partial charge in [-0.15, -0.1) is 0 Å². The maximum absolute atomic E-state index is 10.7. The van der Waals surface area contributed by atoms with E-state index in [9.17, 15) is 4.79 Å². The standard InChI is InChI=1S/C15H17N3O2/c1-9-5-4-8-16-14(9)15-17-10(2)12(11(3)18-15)6-7-13(19)20/h4-5,8H,6-7H2,1-3H3,(H,19,20). The largest absolute Gasteiger partial charge is 0.481 e. The fourth-order valence-electron chi connectivity index (χ4n) is 2.16. The van der Waals surface area contributed by atoms with Crippen LogP contribution in [0.2, 0.25) is 0 Å². The van der Waals surface area contributed by atoms with Crippen LogP contribution in [0.3, 0.4) is 0 Å². The number of pyridine rings is 1. The average molecular weight is 271 g/mol. The Kier molecular flexibility index (Phi) is 4.08. The van der Waals surface area contributed by atoms with Gasteiger partial charge in [0.15, 0.2) is 5.82 Å². The Morgan fingerprint density at radius 1 is 1.20 bits per heavy atom. The van der Waals surface area contributed by atoms with E-state index in [-0.39, 0.29) is 6.42 Å². The molecule has 2 aromatic rings. The molecule has 0 fully saturated rings. The number of carboxylic acid groups (broad SMARTS) is 1. The zero-order chi connectivity index (χ0) is 14.7. The number of carboxylic acids is 1. The van der Waals surface area contributed by atoms with Crippen LogP contribution in [0.25, 0.3) is 11.5 Å². The summed E-state index contributed by atoms with van der Waals surface area (Å²) in [5.41, 5.74) is 4.33. The van der Waals surface area contributed by atoms with E-state index in [4.69, 9.17) is 5.11 Å². The molecule has 5 nitrogen and oxygen atoms in total. The van der Waals surface area contributed by atoms with E-state index in [1.807, 2.05) is 32.9 Å². The fourth-order valence-corrected chi connectivity index (χ4v) is 2.16. The molecule has 2 rings (SSSR count). The van der Waals surface area contributed by atoms with E-state index >= 15 is 0 Å². The van der Waals surface area contributed by atoms with Crippen LogP contribution in [-0.2, 0) is 11.2 Å². The van der Waals surface area contributed by atoms with Gasteiger partial charge in [-0.05, 0) is 44.4 Å². The lowest BCUT2D eigenvalue weighted by atomic mass is 10.1.